The summed E-state index contributed by atoms with van der Waals surface area (Å²) in [6.45, 7) is 3.80. The summed E-state index contributed by atoms with van der Waals surface area (Å²) in [6, 6.07) is 6.78. The zero-order valence-electron chi connectivity index (χ0n) is 18.8. The Morgan fingerprint density at radius 2 is 1.85 bits per heavy atom. The first-order chi connectivity index (χ1) is 16.2. The van der Waals surface area contributed by atoms with Crippen LogP contribution in [0.25, 0.3) is 11.4 Å². The van der Waals surface area contributed by atoms with Gasteiger partial charge >= 0.3 is 6.18 Å². The van der Waals surface area contributed by atoms with E-state index in [1.54, 1.807) is 42.4 Å². The maximum absolute atomic E-state index is 13.6. The number of hydrogen-bond acceptors (Lipinski definition) is 6. The molecule has 34 heavy (non-hydrogen) atoms. The van der Waals surface area contributed by atoms with Crippen LogP contribution in [0.4, 0.5) is 13.2 Å². The summed E-state index contributed by atoms with van der Waals surface area (Å²) in [4.78, 5) is 32.3. The number of pyridine rings is 2. The Balaban J connectivity index is 1.57. The van der Waals surface area contributed by atoms with Crippen molar-refractivity contribution < 1.29 is 22.7 Å². The van der Waals surface area contributed by atoms with E-state index in [4.69, 9.17) is 4.74 Å². The fourth-order valence-electron chi connectivity index (χ4n) is 3.97. The van der Waals surface area contributed by atoms with Crippen molar-refractivity contribution in [1.29, 1.82) is 0 Å². The average molecular weight is 471 g/mol. The van der Waals surface area contributed by atoms with E-state index in [1.807, 2.05) is 0 Å². The quantitative estimate of drug-likeness (QED) is 0.539. The summed E-state index contributed by atoms with van der Waals surface area (Å²) < 4.78 is 45.1. The highest BCUT2D eigenvalue weighted by Gasteiger charge is 2.33. The van der Waals surface area contributed by atoms with Gasteiger partial charge in [-0.1, -0.05) is 0 Å². The molecule has 4 heterocycles. The van der Waals surface area contributed by atoms with Gasteiger partial charge in [0.2, 0.25) is 5.88 Å². The van der Waals surface area contributed by atoms with Gasteiger partial charge in [0.05, 0.1) is 17.2 Å². The van der Waals surface area contributed by atoms with Gasteiger partial charge in [-0.25, -0.2) is 19.9 Å². The Morgan fingerprint density at radius 1 is 1.09 bits per heavy atom. The van der Waals surface area contributed by atoms with E-state index in [0.717, 1.165) is 25.0 Å². The molecule has 0 saturated carbocycles. The molecule has 0 spiro atoms. The zero-order valence-corrected chi connectivity index (χ0v) is 18.8. The van der Waals surface area contributed by atoms with E-state index in [0.29, 0.717) is 30.0 Å². The van der Waals surface area contributed by atoms with Crippen molar-refractivity contribution in [1.82, 2.24) is 24.8 Å². The molecule has 1 amide bonds. The molecule has 0 aromatic carbocycles. The van der Waals surface area contributed by atoms with E-state index in [2.05, 4.69) is 19.9 Å². The molecule has 1 atom stereocenters. The minimum absolute atomic E-state index is 0.0302. The second kappa shape index (κ2) is 9.74. The molecule has 10 heteroatoms. The van der Waals surface area contributed by atoms with Crippen molar-refractivity contribution in [2.75, 3.05) is 13.2 Å². The second-order valence-corrected chi connectivity index (χ2v) is 8.21. The number of amides is 1. The highest BCUT2D eigenvalue weighted by Crippen LogP contribution is 2.32. The normalized spacial score (nSPS) is 16.4. The molecule has 0 bridgehead atoms. The summed E-state index contributed by atoms with van der Waals surface area (Å²) in [6.07, 6.45) is 1.04. The third-order valence-electron chi connectivity index (χ3n) is 5.61. The van der Waals surface area contributed by atoms with Crippen molar-refractivity contribution >= 4 is 5.91 Å². The van der Waals surface area contributed by atoms with Crippen molar-refractivity contribution in [2.45, 2.75) is 45.3 Å². The number of halogens is 3. The Bertz CT molecular complexity index is 1170. The molecule has 1 aliphatic rings. The summed E-state index contributed by atoms with van der Waals surface area (Å²) in [7, 11) is 0. The van der Waals surface area contributed by atoms with Crippen LogP contribution in [0.1, 0.15) is 46.7 Å². The lowest BCUT2D eigenvalue weighted by molar-refractivity contribution is -0.137. The zero-order chi connectivity index (χ0) is 24.3. The molecule has 7 nitrogen and oxygen atoms in total. The van der Waals surface area contributed by atoms with E-state index in [1.165, 1.54) is 6.92 Å². The number of piperidine rings is 1. The summed E-state index contributed by atoms with van der Waals surface area (Å²) >= 11 is 0. The number of aromatic nitrogens is 4. The fourth-order valence-corrected chi connectivity index (χ4v) is 3.97. The van der Waals surface area contributed by atoms with Gasteiger partial charge in [0.25, 0.3) is 5.91 Å². The Morgan fingerprint density at radius 3 is 2.59 bits per heavy atom. The summed E-state index contributed by atoms with van der Waals surface area (Å²) in [5.74, 6) is -0.00297. The number of carbonyl (C=O) groups is 1. The first kappa shape index (κ1) is 23.6. The van der Waals surface area contributed by atoms with Gasteiger partial charge < -0.3 is 9.64 Å². The monoisotopic (exact) mass is 471 g/mol. The van der Waals surface area contributed by atoms with Crippen LogP contribution < -0.4 is 4.74 Å². The van der Waals surface area contributed by atoms with Crippen molar-refractivity contribution in [2.24, 2.45) is 0 Å². The summed E-state index contributed by atoms with van der Waals surface area (Å²) in [5.41, 5.74) is 0.833. The lowest BCUT2D eigenvalue weighted by atomic mass is 10.0. The molecule has 3 aromatic heterocycles. The van der Waals surface area contributed by atoms with Crippen LogP contribution in [-0.4, -0.2) is 49.9 Å². The molecule has 1 fully saturated rings. The topological polar surface area (TPSA) is 81.1 Å². The molecule has 1 saturated heterocycles. The highest BCUT2D eigenvalue weighted by molar-refractivity contribution is 5.98. The number of carbonyl (C=O) groups excluding carboxylic acids is 1. The van der Waals surface area contributed by atoms with E-state index in [9.17, 15) is 18.0 Å². The summed E-state index contributed by atoms with van der Waals surface area (Å²) in [5, 5.41) is 0. The predicted molar refractivity (Wildman–Crippen MR) is 118 cm³/mol. The standard InChI is InChI=1S/C24H24F3N5O2/c1-15-7-8-19(22-28-9-5-10-29-22)21(31-15)23(33)32-11-4-3-6-18(32)14-34-20-13-17(24(25,26)27)12-16(2)30-20/h5,7-10,12-13,18H,3-4,6,11,14H2,1-2H3. The molecule has 1 aliphatic heterocycles. The lowest BCUT2D eigenvalue weighted by Crippen LogP contribution is -2.47. The maximum Gasteiger partial charge on any atom is 0.416 e. The molecule has 4 rings (SSSR count). The highest BCUT2D eigenvalue weighted by atomic mass is 19.4. The number of rotatable bonds is 5. The maximum atomic E-state index is 13.6. The van der Waals surface area contributed by atoms with E-state index < -0.39 is 11.7 Å². The number of likely N-dealkylation sites (tertiary alicyclic amines) is 1. The van der Waals surface area contributed by atoms with Gasteiger partial charge in [-0.3, -0.25) is 4.79 Å². The SMILES string of the molecule is Cc1cc(C(F)(F)F)cc(OCC2CCCCN2C(=O)c2nc(C)ccc2-c2ncccn2)n1. The van der Waals surface area contributed by atoms with Crippen LogP contribution in [-0.2, 0) is 6.18 Å². The number of aryl methyl sites for hydroxylation is 2. The number of hydrogen-bond donors (Lipinski definition) is 0. The molecule has 0 radical (unpaired) electrons. The molecule has 178 valence electrons. The van der Waals surface area contributed by atoms with Gasteiger partial charge in [-0.15, -0.1) is 0 Å². The molecule has 0 aliphatic carbocycles. The Kier molecular flexibility index (Phi) is 6.76. The van der Waals surface area contributed by atoms with Crippen LogP contribution in [0.3, 0.4) is 0 Å². The van der Waals surface area contributed by atoms with Crippen LogP contribution in [0, 0.1) is 13.8 Å². The minimum atomic E-state index is -4.49. The first-order valence-electron chi connectivity index (χ1n) is 11.0. The average Bonchev–Trinajstić information content (AvgIpc) is 2.82. The molecular weight excluding hydrogens is 447 g/mol. The van der Waals surface area contributed by atoms with Crippen LogP contribution >= 0.6 is 0 Å². The number of nitrogens with zero attached hydrogens (tertiary/aromatic N) is 5. The van der Waals surface area contributed by atoms with Crippen molar-refractivity contribution in [3.05, 3.63) is 65.4 Å². The molecule has 1 unspecified atom stereocenters. The number of ether oxygens (including phenoxy) is 1. The lowest BCUT2D eigenvalue weighted by Gasteiger charge is -2.35. The van der Waals surface area contributed by atoms with Gasteiger partial charge in [-0.2, -0.15) is 13.2 Å². The first-order valence-corrected chi connectivity index (χ1v) is 11.0. The molecule has 3 aromatic rings. The van der Waals surface area contributed by atoms with Crippen molar-refractivity contribution in [3.8, 4) is 17.3 Å². The smallest absolute Gasteiger partial charge is 0.416 e. The fraction of sp³-hybridized carbons (Fsp3) is 0.375. The third kappa shape index (κ3) is 5.32. The third-order valence-corrected chi connectivity index (χ3v) is 5.61. The van der Waals surface area contributed by atoms with Crippen LogP contribution in [0.2, 0.25) is 0 Å². The Labute approximate surface area is 195 Å². The largest absolute Gasteiger partial charge is 0.475 e. The van der Waals surface area contributed by atoms with Gasteiger partial charge in [0.1, 0.15) is 12.3 Å². The molecule has 0 N–H and O–H groups in total. The van der Waals surface area contributed by atoms with Crippen LogP contribution in [0.15, 0.2) is 42.7 Å². The number of alkyl halides is 3. The van der Waals surface area contributed by atoms with E-state index >= 15 is 0 Å². The predicted octanol–water partition coefficient (Wildman–Crippen LogP) is 4.64. The van der Waals surface area contributed by atoms with Crippen molar-refractivity contribution in [3.63, 3.8) is 0 Å². The Hall–Kier alpha value is -3.56. The van der Waals surface area contributed by atoms with Gasteiger partial charge in [0, 0.05) is 36.4 Å². The van der Waals surface area contributed by atoms with Gasteiger partial charge in [-0.05, 0) is 57.4 Å². The minimum Gasteiger partial charge on any atom is -0.475 e. The second-order valence-electron chi connectivity index (χ2n) is 8.21. The van der Waals surface area contributed by atoms with Gasteiger partial charge in [0.15, 0.2) is 5.82 Å². The van der Waals surface area contributed by atoms with E-state index in [-0.39, 0.29) is 35.8 Å². The van der Waals surface area contributed by atoms with Crippen LogP contribution in [0.5, 0.6) is 5.88 Å². The molecular formula is C24H24F3N5O2.